The molecule has 1 atom stereocenters. The number of nitrogens with zero attached hydrogens (tertiary/aromatic N) is 1. The summed E-state index contributed by atoms with van der Waals surface area (Å²) >= 11 is 6.00. The Hall–Kier alpha value is -1.68. The molecule has 8 nitrogen and oxygen atoms in total. The molecule has 1 amide bonds. The highest BCUT2D eigenvalue weighted by Crippen LogP contribution is 2.26. The van der Waals surface area contributed by atoms with E-state index in [0.29, 0.717) is 0 Å². The van der Waals surface area contributed by atoms with Crippen LogP contribution in [0.5, 0.6) is 0 Å². The summed E-state index contributed by atoms with van der Waals surface area (Å²) in [6.07, 6.45) is 0. The van der Waals surface area contributed by atoms with Crippen LogP contribution < -0.4 is 5.32 Å². The van der Waals surface area contributed by atoms with Gasteiger partial charge in [-0.05, 0) is 18.2 Å². The zero-order valence-corrected chi connectivity index (χ0v) is 15.7. The Kier molecular flexibility index (Phi) is 7.81. The Balaban J connectivity index is 3.21. The summed E-state index contributed by atoms with van der Waals surface area (Å²) in [5.41, 5.74) is -0.0162. The number of methoxy groups -OCH3 is 1. The first-order chi connectivity index (χ1) is 11.7. The van der Waals surface area contributed by atoms with Gasteiger partial charge in [0.2, 0.25) is 10.0 Å². The van der Waals surface area contributed by atoms with Crippen LogP contribution in [-0.4, -0.2) is 62.6 Å². The van der Waals surface area contributed by atoms with E-state index in [0.717, 1.165) is 13.2 Å². The highest BCUT2D eigenvalue weighted by atomic mass is 35.5. The number of rotatable bonds is 8. The third-order valence-electron chi connectivity index (χ3n) is 3.49. The molecule has 0 aliphatic heterocycles. The second-order valence-corrected chi connectivity index (χ2v) is 7.28. The molecule has 2 N–H and O–H groups in total. The first-order valence-corrected chi connectivity index (χ1v) is 9.33. The summed E-state index contributed by atoms with van der Waals surface area (Å²) in [4.78, 5) is 23.5. The van der Waals surface area contributed by atoms with Gasteiger partial charge in [-0.3, -0.25) is 4.79 Å². The van der Waals surface area contributed by atoms with E-state index in [1.54, 1.807) is 13.8 Å². The maximum absolute atomic E-state index is 12.6. The molecule has 1 aromatic carbocycles. The summed E-state index contributed by atoms with van der Waals surface area (Å²) in [7, 11) is -2.74. The van der Waals surface area contributed by atoms with Crippen LogP contribution in [0.2, 0.25) is 5.02 Å². The van der Waals surface area contributed by atoms with Crippen LogP contribution in [0.1, 0.15) is 24.2 Å². The molecule has 0 bridgehead atoms. The molecular formula is C15H21ClN2O6S. The number of hydrogen-bond donors (Lipinski definition) is 2. The molecule has 1 aromatic rings. The predicted molar refractivity (Wildman–Crippen MR) is 91.9 cm³/mol. The Morgan fingerprint density at radius 1 is 1.32 bits per heavy atom. The minimum atomic E-state index is -3.86. The fourth-order valence-corrected chi connectivity index (χ4v) is 4.07. The van der Waals surface area contributed by atoms with Crippen molar-refractivity contribution in [1.29, 1.82) is 0 Å². The number of benzene rings is 1. The molecule has 25 heavy (non-hydrogen) atoms. The lowest BCUT2D eigenvalue weighted by Crippen LogP contribution is -2.44. The van der Waals surface area contributed by atoms with Gasteiger partial charge in [0.05, 0.1) is 18.7 Å². The van der Waals surface area contributed by atoms with Crippen LogP contribution in [0.25, 0.3) is 0 Å². The van der Waals surface area contributed by atoms with Gasteiger partial charge in [0.15, 0.2) is 6.04 Å². The number of amides is 1. The highest BCUT2D eigenvalue weighted by molar-refractivity contribution is 7.89. The summed E-state index contributed by atoms with van der Waals surface area (Å²) < 4.78 is 30.9. The molecular weight excluding hydrogens is 372 g/mol. The zero-order valence-electron chi connectivity index (χ0n) is 14.2. The van der Waals surface area contributed by atoms with Crippen LogP contribution in [0.15, 0.2) is 23.1 Å². The van der Waals surface area contributed by atoms with Gasteiger partial charge >= 0.3 is 5.97 Å². The first-order valence-electron chi connectivity index (χ1n) is 7.52. The van der Waals surface area contributed by atoms with Crippen molar-refractivity contribution in [3.8, 4) is 0 Å². The number of ether oxygens (including phenoxy) is 1. The highest BCUT2D eigenvalue weighted by Gasteiger charge is 2.27. The molecule has 0 aliphatic rings. The van der Waals surface area contributed by atoms with E-state index < -0.39 is 34.5 Å². The molecule has 0 saturated carbocycles. The topological polar surface area (TPSA) is 113 Å². The van der Waals surface area contributed by atoms with Gasteiger partial charge in [-0.15, -0.1) is 0 Å². The van der Waals surface area contributed by atoms with E-state index in [2.05, 4.69) is 10.1 Å². The quantitative estimate of drug-likeness (QED) is 0.627. The van der Waals surface area contributed by atoms with Crippen molar-refractivity contribution in [2.75, 3.05) is 26.8 Å². The maximum Gasteiger partial charge on any atom is 0.330 e. The monoisotopic (exact) mass is 392 g/mol. The average molecular weight is 393 g/mol. The number of aliphatic hydroxyl groups is 1. The predicted octanol–water partition coefficient (Wildman–Crippen LogP) is 0.634. The van der Waals surface area contributed by atoms with E-state index in [1.165, 1.54) is 16.4 Å². The number of carbonyl (C=O) groups excluding carboxylic acids is 2. The van der Waals surface area contributed by atoms with Gasteiger partial charge in [-0.25, -0.2) is 13.2 Å². The summed E-state index contributed by atoms with van der Waals surface area (Å²) in [5.74, 6) is -1.56. The second-order valence-electron chi connectivity index (χ2n) is 4.97. The molecule has 1 rings (SSSR count). The fraction of sp³-hybridized carbons (Fsp3) is 0.467. The smallest absolute Gasteiger partial charge is 0.330 e. The van der Waals surface area contributed by atoms with Crippen LogP contribution in [0.3, 0.4) is 0 Å². The molecule has 0 fully saturated rings. The molecule has 0 radical (unpaired) electrons. The Bertz CT molecular complexity index is 734. The SMILES string of the molecule is CCN(CC)S(=O)(=O)c1cc(C(=O)N[C@H](CO)C(=O)OC)ccc1Cl. The molecule has 0 aromatic heterocycles. The first kappa shape index (κ1) is 21.4. The van der Waals surface area contributed by atoms with Gasteiger partial charge in [-0.1, -0.05) is 25.4 Å². The lowest BCUT2D eigenvalue weighted by molar-refractivity contribution is -0.143. The van der Waals surface area contributed by atoms with Gasteiger partial charge in [0.25, 0.3) is 5.91 Å². The van der Waals surface area contributed by atoms with Gasteiger partial charge in [-0.2, -0.15) is 4.31 Å². The minimum Gasteiger partial charge on any atom is -0.467 e. The van der Waals surface area contributed by atoms with Crippen molar-refractivity contribution in [2.24, 2.45) is 0 Å². The minimum absolute atomic E-state index is 0.0162. The van der Waals surface area contributed by atoms with E-state index in [-0.39, 0.29) is 28.6 Å². The maximum atomic E-state index is 12.6. The second kappa shape index (κ2) is 9.14. The van der Waals surface area contributed by atoms with Crippen molar-refractivity contribution in [3.05, 3.63) is 28.8 Å². The fourth-order valence-electron chi connectivity index (χ4n) is 2.11. The standard InChI is InChI=1S/C15H21ClN2O6S/c1-4-18(5-2)25(22,23)13-8-10(6-7-11(13)16)14(20)17-12(9-19)15(21)24-3/h6-8,12,19H,4-5,9H2,1-3H3,(H,17,20)/t12-/m1/s1. The molecule has 140 valence electrons. The summed E-state index contributed by atoms with van der Waals surface area (Å²) in [6.45, 7) is 3.22. The lowest BCUT2D eigenvalue weighted by Gasteiger charge is -2.20. The molecule has 10 heteroatoms. The molecule has 0 saturated heterocycles. The molecule has 0 heterocycles. The van der Waals surface area contributed by atoms with E-state index in [1.807, 2.05) is 0 Å². The van der Waals surface area contributed by atoms with Crippen molar-refractivity contribution in [1.82, 2.24) is 9.62 Å². The Morgan fingerprint density at radius 3 is 2.40 bits per heavy atom. The number of hydrogen-bond acceptors (Lipinski definition) is 6. The number of aliphatic hydroxyl groups excluding tert-OH is 1. The zero-order chi connectivity index (χ0) is 19.2. The van der Waals surface area contributed by atoms with Gasteiger partial charge in [0.1, 0.15) is 4.90 Å². The third kappa shape index (κ3) is 4.91. The number of esters is 1. The number of carbonyl (C=O) groups is 2. The Labute approximate surface area is 151 Å². The normalized spacial score (nSPS) is 12.7. The van der Waals surface area contributed by atoms with E-state index in [4.69, 9.17) is 16.7 Å². The largest absolute Gasteiger partial charge is 0.467 e. The lowest BCUT2D eigenvalue weighted by atomic mass is 10.2. The van der Waals surface area contributed by atoms with Crippen molar-refractivity contribution < 1.29 is 27.9 Å². The molecule has 0 spiro atoms. The number of sulfonamides is 1. The van der Waals surface area contributed by atoms with Crippen molar-refractivity contribution in [2.45, 2.75) is 24.8 Å². The van der Waals surface area contributed by atoms with Crippen LogP contribution >= 0.6 is 11.6 Å². The molecule has 0 unspecified atom stereocenters. The number of nitrogens with one attached hydrogen (secondary N) is 1. The van der Waals surface area contributed by atoms with E-state index >= 15 is 0 Å². The van der Waals surface area contributed by atoms with E-state index in [9.17, 15) is 18.0 Å². The Morgan fingerprint density at radius 2 is 1.92 bits per heavy atom. The number of halogens is 1. The van der Waals surface area contributed by atoms with Gasteiger partial charge < -0.3 is 15.2 Å². The van der Waals surface area contributed by atoms with Crippen LogP contribution in [0.4, 0.5) is 0 Å². The average Bonchev–Trinajstić information content (AvgIpc) is 2.59. The summed E-state index contributed by atoms with van der Waals surface area (Å²) in [5, 5.41) is 11.4. The molecule has 0 aliphatic carbocycles. The van der Waals surface area contributed by atoms with Gasteiger partial charge in [0, 0.05) is 18.7 Å². The van der Waals surface area contributed by atoms with Crippen molar-refractivity contribution >= 4 is 33.5 Å². The third-order valence-corrected chi connectivity index (χ3v) is 6.02. The van der Waals surface area contributed by atoms with Crippen LogP contribution in [0, 0.1) is 0 Å². The van der Waals surface area contributed by atoms with Crippen molar-refractivity contribution in [3.63, 3.8) is 0 Å². The van der Waals surface area contributed by atoms with Crippen LogP contribution in [-0.2, 0) is 19.6 Å². The summed E-state index contributed by atoms with van der Waals surface area (Å²) in [6, 6.07) is 2.50.